The number of carbonyl (C=O) groups excluding carboxylic acids is 1. The smallest absolute Gasteiger partial charge is 0.237 e. The number of nitrogens with two attached hydrogens (primary N) is 1. The number of benzene rings is 1. The summed E-state index contributed by atoms with van der Waals surface area (Å²) in [5.74, 6) is 0.445. The van der Waals surface area contributed by atoms with Crippen LogP contribution in [0.2, 0.25) is 0 Å². The highest BCUT2D eigenvalue weighted by atomic mass is 32.1. The molecule has 0 atom stereocenters. The zero-order valence-electron chi connectivity index (χ0n) is 12.1. The minimum atomic E-state index is -0.642. The molecule has 1 aromatic rings. The standard InChI is InChI=1S/C16H22N2OS/c1-3-4-12-5-7-13(8-6-12)18-15(19)16(14(17)20)9-11(2)10-16/h5-8,11H,3-4,9-10H2,1-2H3,(H2,17,20)(H,18,19). The molecule has 0 aromatic heterocycles. The Morgan fingerprint density at radius 3 is 2.45 bits per heavy atom. The molecule has 1 aliphatic rings. The largest absolute Gasteiger partial charge is 0.392 e. The summed E-state index contributed by atoms with van der Waals surface area (Å²) in [4.78, 5) is 12.8. The SMILES string of the molecule is CCCc1ccc(NC(=O)C2(C(N)=S)CC(C)C2)cc1. The van der Waals surface area contributed by atoms with Crippen molar-refractivity contribution in [2.24, 2.45) is 17.1 Å². The van der Waals surface area contributed by atoms with Crippen molar-refractivity contribution in [2.45, 2.75) is 39.5 Å². The molecule has 3 N–H and O–H groups in total. The lowest BCUT2D eigenvalue weighted by Gasteiger charge is -2.44. The molecule has 0 saturated heterocycles. The second kappa shape index (κ2) is 5.92. The Labute approximate surface area is 125 Å². The van der Waals surface area contributed by atoms with Crippen molar-refractivity contribution < 1.29 is 4.79 Å². The summed E-state index contributed by atoms with van der Waals surface area (Å²) in [6, 6.07) is 7.99. The average Bonchev–Trinajstić information content (AvgIpc) is 2.37. The Kier molecular flexibility index (Phi) is 4.43. The summed E-state index contributed by atoms with van der Waals surface area (Å²) in [6.45, 7) is 4.27. The van der Waals surface area contributed by atoms with Crippen LogP contribution in [0.15, 0.2) is 24.3 Å². The van der Waals surface area contributed by atoms with Crippen molar-refractivity contribution in [2.75, 3.05) is 5.32 Å². The summed E-state index contributed by atoms with van der Waals surface area (Å²) >= 11 is 5.10. The molecule has 108 valence electrons. The highest BCUT2D eigenvalue weighted by Gasteiger charge is 2.50. The molecule has 0 aliphatic heterocycles. The van der Waals surface area contributed by atoms with Crippen LogP contribution in [0.25, 0.3) is 0 Å². The predicted octanol–water partition coefficient (Wildman–Crippen LogP) is 3.28. The van der Waals surface area contributed by atoms with E-state index < -0.39 is 5.41 Å². The molecule has 1 amide bonds. The molecule has 0 heterocycles. The number of hydrogen-bond acceptors (Lipinski definition) is 2. The van der Waals surface area contributed by atoms with Crippen molar-refractivity contribution in [3.8, 4) is 0 Å². The molecule has 1 saturated carbocycles. The average molecular weight is 290 g/mol. The number of amides is 1. The maximum absolute atomic E-state index is 12.4. The van der Waals surface area contributed by atoms with Crippen LogP contribution in [0, 0.1) is 11.3 Å². The molecule has 4 heteroatoms. The van der Waals surface area contributed by atoms with E-state index in [0.717, 1.165) is 31.4 Å². The first-order valence-corrected chi connectivity index (χ1v) is 7.59. The Morgan fingerprint density at radius 1 is 1.40 bits per heavy atom. The van der Waals surface area contributed by atoms with Gasteiger partial charge in [-0.25, -0.2) is 0 Å². The summed E-state index contributed by atoms with van der Waals surface area (Å²) < 4.78 is 0. The maximum atomic E-state index is 12.4. The zero-order valence-corrected chi connectivity index (χ0v) is 12.9. The molecule has 1 aromatic carbocycles. The van der Waals surface area contributed by atoms with Gasteiger partial charge in [-0.15, -0.1) is 0 Å². The van der Waals surface area contributed by atoms with Gasteiger partial charge in [0.25, 0.3) is 0 Å². The highest BCUT2D eigenvalue weighted by molar-refractivity contribution is 7.80. The normalized spacial score (nSPS) is 24.8. The fraction of sp³-hybridized carbons (Fsp3) is 0.500. The van der Waals surface area contributed by atoms with E-state index in [9.17, 15) is 4.79 Å². The van der Waals surface area contributed by atoms with Gasteiger partial charge in [0.05, 0.1) is 10.4 Å². The minimum Gasteiger partial charge on any atom is -0.392 e. The van der Waals surface area contributed by atoms with Gasteiger partial charge in [-0.05, 0) is 42.9 Å². The van der Waals surface area contributed by atoms with Crippen LogP contribution >= 0.6 is 12.2 Å². The predicted molar refractivity (Wildman–Crippen MR) is 86.7 cm³/mol. The van der Waals surface area contributed by atoms with E-state index >= 15 is 0 Å². The Morgan fingerprint density at radius 2 is 2.00 bits per heavy atom. The summed E-state index contributed by atoms with van der Waals surface area (Å²) in [5, 5.41) is 2.95. The second-order valence-electron chi connectivity index (χ2n) is 5.86. The van der Waals surface area contributed by atoms with Crippen LogP contribution in [0.3, 0.4) is 0 Å². The molecule has 1 fully saturated rings. The molecule has 0 radical (unpaired) electrons. The van der Waals surface area contributed by atoms with Gasteiger partial charge in [-0.1, -0.05) is 44.6 Å². The molecule has 0 bridgehead atoms. The molecule has 20 heavy (non-hydrogen) atoms. The highest BCUT2D eigenvalue weighted by Crippen LogP contribution is 2.46. The lowest BCUT2D eigenvalue weighted by molar-refractivity contribution is -0.127. The first-order chi connectivity index (χ1) is 9.48. The van der Waals surface area contributed by atoms with Crippen LogP contribution < -0.4 is 11.1 Å². The van der Waals surface area contributed by atoms with Gasteiger partial charge in [0.15, 0.2) is 0 Å². The monoisotopic (exact) mass is 290 g/mol. The van der Waals surface area contributed by atoms with Crippen molar-refractivity contribution in [1.82, 2.24) is 0 Å². The second-order valence-corrected chi connectivity index (χ2v) is 6.30. The van der Waals surface area contributed by atoms with Crippen LogP contribution in [0.5, 0.6) is 0 Å². The van der Waals surface area contributed by atoms with Crippen LogP contribution in [0.1, 0.15) is 38.7 Å². The van der Waals surface area contributed by atoms with E-state index in [-0.39, 0.29) is 5.91 Å². The summed E-state index contributed by atoms with van der Waals surface area (Å²) in [7, 11) is 0. The van der Waals surface area contributed by atoms with Crippen molar-refractivity contribution in [1.29, 1.82) is 0 Å². The van der Waals surface area contributed by atoms with Crippen LogP contribution in [-0.4, -0.2) is 10.9 Å². The van der Waals surface area contributed by atoms with Crippen molar-refractivity contribution in [3.05, 3.63) is 29.8 Å². The van der Waals surface area contributed by atoms with E-state index in [1.807, 2.05) is 12.1 Å². The molecule has 2 rings (SSSR count). The van der Waals surface area contributed by atoms with Gasteiger partial charge >= 0.3 is 0 Å². The van der Waals surface area contributed by atoms with Gasteiger partial charge in [0.1, 0.15) is 0 Å². The van der Waals surface area contributed by atoms with Crippen LogP contribution in [0.4, 0.5) is 5.69 Å². The van der Waals surface area contributed by atoms with Gasteiger partial charge in [-0.3, -0.25) is 4.79 Å². The number of aryl methyl sites for hydroxylation is 1. The third-order valence-corrected chi connectivity index (χ3v) is 4.44. The van der Waals surface area contributed by atoms with Crippen molar-refractivity contribution >= 4 is 28.8 Å². The van der Waals surface area contributed by atoms with Gasteiger partial charge in [-0.2, -0.15) is 0 Å². The van der Waals surface area contributed by atoms with Gasteiger partial charge in [0, 0.05) is 5.69 Å². The Balaban J connectivity index is 2.05. The Hall–Kier alpha value is -1.42. The lowest BCUT2D eigenvalue weighted by Crippen LogP contribution is -2.53. The number of carbonyl (C=O) groups is 1. The van der Waals surface area contributed by atoms with Crippen molar-refractivity contribution in [3.63, 3.8) is 0 Å². The number of thiocarbonyl (C=S) groups is 1. The fourth-order valence-electron chi connectivity index (χ4n) is 2.92. The summed E-state index contributed by atoms with van der Waals surface area (Å²) in [6.07, 6.45) is 3.68. The third-order valence-electron chi connectivity index (χ3n) is 4.05. The van der Waals surface area contributed by atoms with E-state index in [4.69, 9.17) is 18.0 Å². The van der Waals surface area contributed by atoms with Gasteiger partial charge in [0.2, 0.25) is 5.91 Å². The number of nitrogens with one attached hydrogen (secondary N) is 1. The number of rotatable bonds is 5. The lowest BCUT2D eigenvalue weighted by atomic mass is 9.62. The molecule has 1 aliphatic carbocycles. The molecule has 0 unspecified atom stereocenters. The molecule has 0 spiro atoms. The molecular weight excluding hydrogens is 268 g/mol. The zero-order chi connectivity index (χ0) is 14.8. The van der Waals surface area contributed by atoms with E-state index in [1.165, 1.54) is 5.56 Å². The van der Waals surface area contributed by atoms with E-state index in [1.54, 1.807) is 0 Å². The fourth-order valence-corrected chi connectivity index (χ4v) is 3.18. The number of anilines is 1. The minimum absolute atomic E-state index is 0.0636. The van der Waals surface area contributed by atoms with Gasteiger partial charge < -0.3 is 11.1 Å². The molecular formula is C16H22N2OS. The number of hydrogen-bond donors (Lipinski definition) is 2. The Bertz CT molecular complexity index is 504. The van der Waals surface area contributed by atoms with E-state index in [0.29, 0.717) is 10.9 Å². The van der Waals surface area contributed by atoms with Crippen LogP contribution in [-0.2, 0) is 11.2 Å². The first-order valence-electron chi connectivity index (χ1n) is 7.18. The first kappa shape index (κ1) is 15.0. The maximum Gasteiger partial charge on any atom is 0.237 e. The quantitative estimate of drug-likeness (QED) is 0.818. The third kappa shape index (κ3) is 2.85. The summed E-state index contributed by atoms with van der Waals surface area (Å²) in [5.41, 5.74) is 7.24. The topological polar surface area (TPSA) is 55.1 Å². The van der Waals surface area contributed by atoms with E-state index in [2.05, 4.69) is 31.3 Å². The molecule has 3 nitrogen and oxygen atoms in total.